The summed E-state index contributed by atoms with van der Waals surface area (Å²) in [6, 6.07) is 15.7. The Morgan fingerprint density at radius 3 is 2.64 bits per heavy atom. The normalized spacial score (nSPS) is 16.0. The Hall–Kier alpha value is -3.79. The lowest BCUT2D eigenvalue weighted by Crippen LogP contribution is -2.10. The molecule has 0 saturated carbocycles. The molecular formula is C24H21N3O. The smallest absolute Gasteiger partial charge is 0.247 e. The van der Waals surface area contributed by atoms with Gasteiger partial charge in [-0.1, -0.05) is 54.6 Å². The Balaban J connectivity index is 2.06. The number of nitrogens with one attached hydrogen (secondary N) is 1. The average Bonchev–Trinajstić information content (AvgIpc) is 2.71. The largest absolute Gasteiger partial charge is 0.323 e. The number of hydrogen-bond donors (Lipinski definition) is 1. The highest BCUT2D eigenvalue weighted by molar-refractivity contribution is 6.34. The van der Waals surface area contributed by atoms with Crippen molar-refractivity contribution >= 4 is 35.3 Å². The Kier molecular flexibility index (Phi) is 5.92. The van der Waals surface area contributed by atoms with Gasteiger partial charge in [-0.15, -0.1) is 0 Å². The van der Waals surface area contributed by atoms with Crippen LogP contribution in [-0.4, -0.2) is 18.3 Å². The maximum Gasteiger partial charge on any atom is 0.247 e. The zero-order chi connectivity index (χ0) is 19.9. The highest BCUT2D eigenvalue weighted by Gasteiger charge is 2.16. The molecule has 0 radical (unpaired) electrons. The Labute approximate surface area is 165 Å². The molecule has 0 bridgehead atoms. The molecule has 0 aromatic heterocycles. The van der Waals surface area contributed by atoms with E-state index in [0.29, 0.717) is 5.69 Å². The van der Waals surface area contributed by atoms with Crippen LogP contribution in [0.3, 0.4) is 0 Å². The number of aryl methyl sites for hydroxylation is 1. The Morgan fingerprint density at radius 1 is 1.14 bits per heavy atom. The van der Waals surface area contributed by atoms with Gasteiger partial charge < -0.3 is 5.32 Å². The number of amides is 1. The van der Waals surface area contributed by atoms with Gasteiger partial charge in [0.1, 0.15) is 0 Å². The summed E-state index contributed by atoms with van der Waals surface area (Å²) in [6.07, 6.45) is 8.85. The molecule has 0 atom stereocenters. The molecule has 0 heterocycles. The van der Waals surface area contributed by atoms with Crippen molar-refractivity contribution in [2.45, 2.75) is 6.92 Å². The fourth-order valence-electron chi connectivity index (χ4n) is 2.83. The predicted molar refractivity (Wildman–Crippen MR) is 118 cm³/mol. The topological polar surface area (TPSA) is 53.8 Å². The van der Waals surface area contributed by atoms with Gasteiger partial charge >= 0.3 is 0 Å². The quantitative estimate of drug-likeness (QED) is 0.556. The summed E-state index contributed by atoms with van der Waals surface area (Å²) in [5.41, 5.74) is 6.27. The second-order valence-electron chi connectivity index (χ2n) is 6.28. The van der Waals surface area contributed by atoms with Crippen molar-refractivity contribution in [3.63, 3.8) is 0 Å². The van der Waals surface area contributed by atoms with Crippen LogP contribution in [0.5, 0.6) is 0 Å². The molecule has 1 N–H and O–H groups in total. The Bertz CT molecular complexity index is 1040. The summed E-state index contributed by atoms with van der Waals surface area (Å²) in [6.45, 7) is 9.10. The van der Waals surface area contributed by atoms with E-state index >= 15 is 0 Å². The molecule has 0 saturated heterocycles. The lowest BCUT2D eigenvalue weighted by molar-refractivity contribution is -0.111. The minimum atomic E-state index is -0.250. The molecule has 0 unspecified atom stereocenters. The van der Waals surface area contributed by atoms with E-state index in [0.717, 1.165) is 28.1 Å². The van der Waals surface area contributed by atoms with E-state index in [1.165, 1.54) is 11.6 Å². The van der Waals surface area contributed by atoms with Crippen molar-refractivity contribution in [3.8, 4) is 0 Å². The zero-order valence-electron chi connectivity index (χ0n) is 15.7. The van der Waals surface area contributed by atoms with Crippen LogP contribution in [-0.2, 0) is 4.79 Å². The first-order valence-corrected chi connectivity index (χ1v) is 8.85. The van der Waals surface area contributed by atoms with Crippen LogP contribution in [0.1, 0.15) is 11.1 Å². The van der Waals surface area contributed by atoms with Crippen molar-refractivity contribution in [1.29, 1.82) is 0 Å². The van der Waals surface area contributed by atoms with E-state index in [2.05, 4.69) is 23.6 Å². The third kappa shape index (κ3) is 4.48. The summed E-state index contributed by atoms with van der Waals surface area (Å²) < 4.78 is 0. The molecule has 1 aliphatic rings. The third-order valence-electron chi connectivity index (χ3n) is 4.20. The van der Waals surface area contributed by atoms with Crippen molar-refractivity contribution in [3.05, 3.63) is 102 Å². The molecule has 4 nitrogen and oxygen atoms in total. The van der Waals surface area contributed by atoms with Gasteiger partial charge in [-0.25, -0.2) is 4.99 Å². The first-order chi connectivity index (χ1) is 13.6. The first-order valence-electron chi connectivity index (χ1n) is 8.85. The fraction of sp³-hybridized carbons (Fsp3) is 0.0417. The predicted octanol–water partition coefficient (Wildman–Crippen LogP) is 5.43. The molecular weight excluding hydrogens is 346 g/mol. The summed E-state index contributed by atoms with van der Waals surface area (Å²) in [5.74, 6) is -0.250. The van der Waals surface area contributed by atoms with Crippen molar-refractivity contribution in [2.75, 3.05) is 5.32 Å². The number of benzene rings is 2. The monoisotopic (exact) mass is 367 g/mol. The van der Waals surface area contributed by atoms with Crippen LogP contribution in [0, 0.1) is 6.92 Å². The van der Waals surface area contributed by atoms with Crippen LogP contribution in [0.15, 0.2) is 101 Å². The van der Waals surface area contributed by atoms with Crippen LogP contribution >= 0.6 is 0 Å². The maximum atomic E-state index is 11.6. The second kappa shape index (κ2) is 8.73. The second-order valence-corrected chi connectivity index (χ2v) is 6.28. The lowest BCUT2D eigenvalue weighted by atomic mass is 9.91. The molecule has 0 fully saturated rings. The number of nitrogens with zero attached hydrogens (tertiary/aromatic N) is 2. The highest BCUT2D eigenvalue weighted by Crippen LogP contribution is 2.29. The molecule has 2 aromatic carbocycles. The SMILES string of the molecule is C=CC(=O)Nc1cccc(C2=CC=C/C(=C/N=C)C2=Nc2ccc(C)cc2)c1. The molecule has 0 spiro atoms. The summed E-state index contributed by atoms with van der Waals surface area (Å²) in [4.78, 5) is 20.4. The molecule has 2 aromatic rings. The molecule has 138 valence electrons. The lowest BCUT2D eigenvalue weighted by Gasteiger charge is -2.16. The van der Waals surface area contributed by atoms with E-state index in [1.54, 1.807) is 6.20 Å². The van der Waals surface area contributed by atoms with Gasteiger partial charge in [0.2, 0.25) is 5.91 Å². The van der Waals surface area contributed by atoms with Gasteiger partial charge in [0, 0.05) is 23.0 Å². The third-order valence-corrected chi connectivity index (χ3v) is 4.20. The number of carbonyl (C=O) groups excluding carboxylic acids is 1. The molecule has 0 aliphatic heterocycles. The summed E-state index contributed by atoms with van der Waals surface area (Å²) in [5, 5.41) is 2.79. The van der Waals surface area contributed by atoms with Crippen LogP contribution in [0.4, 0.5) is 11.4 Å². The maximum absolute atomic E-state index is 11.6. The van der Waals surface area contributed by atoms with Gasteiger partial charge in [0.15, 0.2) is 0 Å². The van der Waals surface area contributed by atoms with Gasteiger partial charge in [-0.2, -0.15) is 0 Å². The number of rotatable bonds is 5. The van der Waals surface area contributed by atoms with Gasteiger partial charge in [-0.3, -0.25) is 9.79 Å². The summed E-state index contributed by atoms with van der Waals surface area (Å²) in [7, 11) is 0. The Morgan fingerprint density at radius 2 is 1.93 bits per heavy atom. The van der Waals surface area contributed by atoms with Crippen LogP contribution in [0.25, 0.3) is 5.57 Å². The van der Waals surface area contributed by atoms with Gasteiger partial charge in [0.05, 0.1) is 11.4 Å². The first kappa shape index (κ1) is 19.0. The van der Waals surface area contributed by atoms with Crippen molar-refractivity contribution in [2.24, 2.45) is 9.98 Å². The standard InChI is InChI=1S/C24H21N3O/c1-4-23(28)26-21-9-5-7-18(15-21)22-10-6-8-19(16-25-3)24(22)27-20-13-11-17(2)12-14-20/h4-16H,1,3H2,2H3,(H,26,28)/b19-16-,27-24?. The minimum Gasteiger partial charge on any atom is -0.323 e. The van der Waals surface area contributed by atoms with Crippen molar-refractivity contribution < 1.29 is 4.79 Å². The molecule has 28 heavy (non-hydrogen) atoms. The van der Waals surface area contributed by atoms with Crippen LogP contribution < -0.4 is 5.32 Å². The highest BCUT2D eigenvalue weighted by atomic mass is 16.1. The number of anilines is 1. The van der Waals surface area contributed by atoms with E-state index < -0.39 is 0 Å². The molecule has 3 rings (SSSR count). The van der Waals surface area contributed by atoms with E-state index in [4.69, 9.17) is 4.99 Å². The zero-order valence-corrected chi connectivity index (χ0v) is 15.7. The molecule has 1 aliphatic carbocycles. The van der Waals surface area contributed by atoms with E-state index in [-0.39, 0.29) is 5.91 Å². The average molecular weight is 367 g/mol. The fourth-order valence-corrected chi connectivity index (χ4v) is 2.83. The van der Waals surface area contributed by atoms with Crippen molar-refractivity contribution in [1.82, 2.24) is 0 Å². The minimum absolute atomic E-state index is 0.250. The number of allylic oxidation sites excluding steroid dienone is 5. The van der Waals surface area contributed by atoms with Gasteiger partial charge in [-0.05, 0) is 49.5 Å². The number of carbonyl (C=O) groups is 1. The van der Waals surface area contributed by atoms with E-state index in [1.807, 2.05) is 73.7 Å². The number of hydrogen-bond acceptors (Lipinski definition) is 3. The van der Waals surface area contributed by atoms with E-state index in [9.17, 15) is 4.79 Å². The number of aliphatic imine (C=N–C) groups is 2. The molecule has 1 amide bonds. The van der Waals surface area contributed by atoms with Gasteiger partial charge in [0.25, 0.3) is 0 Å². The summed E-state index contributed by atoms with van der Waals surface area (Å²) >= 11 is 0. The molecule has 4 heteroatoms. The van der Waals surface area contributed by atoms with Crippen LogP contribution in [0.2, 0.25) is 0 Å².